The Balaban J connectivity index is 1.03. The fraction of sp³-hybridized carbons (Fsp3) is 0.484. The zero-order valence-electron chi connectivity index (χ0n) is 24.7. The van der Waals surface area contributed by atoms with Gasteiger partial charge in [0.25, 0.3) is 5.91 Å². The molecule has 11 nitrogen and oxygen atoms in total. The number of benzene rings is 1. The van der Waals surface area contributed by atoms with Crippen LogP contribution in [-0.2, 0) is 30.9 Å². The summed E-state index contributed by atoms with van der Waals surface area (Å²) in [5.41, 5.74) is 1.37. The largest absolute Gasteiger partial charge is 0.380 e. The molecule has 0 radical (unpaired) electrons. The molecule has 1 aromatic carbocycles. The van der Waals surface area contributed by atoms with E-state index in [1.54, 1.807) is 18.2 Å². The van der Waals surface area contributed by atoms with Crippen molar-refractivity contribution in [3.63, 3.8) is 0 Å². The van der Waals surface area contributed by atoms with Crippen LogP contribution in [0.1, 0.15) is 72.7 Å². The number of nitrogens with zero attached hydrogens (tertiary/aromatic N) is 3. The van der Waals surface area contributed by atoms with Gasteiger partial charge < -0.3 is 18.9 Å². The highest BCUT2D eigenvalue weighted by Crippen LogP contribution is 2.48. The molecule has 244 valence electrons. The van der Waals surface area contributed by atoms with E-state index in [-0.39, 0.29) is 36.3 Å². The Labute approximate surface area is 274 Å². The van der Waals surface area contributed by atoms with Crippen molar-refractivity contribution >= 4 is 50.7 Å². The fourth-order valence-corrected chi connectivity index (χ4v) is 9.27. The van der Waals surface area contributed by atoms with Gasteiger partial charge in [0.05, 0.1) is 46.7 Å². The minimum atomic E-state index is -4.11. The zero-order chi connectivity index (χ0) is 32.3. The number of ether oxygens (including phenoxy) is 2. The van der Waals surface area contributed by atoms with Crippen LogP contribution in [0.4, 0.5) is 10.1 Å². The van der Waals surface area contributed by atoms with Gasteiger partial charge >= 0.3 is 0 Å². The molecule has 2 amide bonds. The van der Waals surface area contributed by atoms with Crippen molar-refractivity contribution in [1.29, 1.82) is 0 Å². The summed E-state index contributed by atoms with van der Waals surface area (Å²) >= 11 is 12.9. The molecule has 3 aromatic rings. The van der Waals surface area contributed by atoms with Crippen molar-refractivity contribution in [2.45, 2.75) is 81.0 Å². The van der Waals surface area contributed by atoms with Crippen LogP contribution in [-0.4, -0.2) is 61.0 Å². The second-order valence-corrected chi connectivity index (χ2v) is 15.0. The van der Waals surface area contributed by atoms with Gasteiger partial charge in [-0.2, -0.15) is 0 Å². The monoisotopic (exact) mass is 692 g/mol. The number of rotatable bonds is 10. The molecule has 1 saturated heterocycles. The number of sulfonamides is 1. The van der Waals surface area contributed by atoms with Crippen LogP contribution in [0.2, 0.25) is 10.0 Å². The lowest BCUT2D eigenvalue weighted by Crippen LogP contribution is -2.44. The molecule has 15 heteroatoms. The lowest BCUT2D eigenvalue weighted by molar-refractivity contribution is -0.126. The zero-order valence-corrected chi connectivity index (χ0v) is 27.1. The summed E-state index contributed by atoms with van der Waals surface area (Å²) in [4.78, 5) is 31.6. The number of carbonyl (C=O) groups is 2. The lowest BCUT2D eigenvalue weighted by atomic mass is 10.0. The third kappa shape index (κ3) is 5.59. The standard InChI is InChI=1S/C31H31Cl2FN4O7S/c1-43-23-6-3-7-25(23)46(41,42)37-30(39)28-22(34)11-17(13-35-28)38-16-10-18(31(38)40)24(12-16)44-14-19-27(36-45-29(19)15-8-9-15)26-20(32)4-2-5-21(26)33/h2,4-5,11,13,15-16,18,23-25H,3,6-10,12,14H2,1H3,(H,37,39)/t16-,18+,23+,24+,25+/m0/s1. The van der Waals surface area contributed by atoms with E-state index >= 15 is 4.39 Å². The molecule has 4 aliphatic rings. The molecule has 3 heterocycles. The second-order valence-electron chi connectivity index (χ2n) is 12.3. The molecule has 3 aliphatic carbocycles. The van der Waals surface area contributed by atoms with Crippen molar-refractivity contribution in [3.8, 4) is 11.3 Å². The van der Waals surface area contributed by atoms with Gasteiger partial charge in [0.1, 0.15) is 16.7 Å². The van der Waals surface area contributed by atoms with E-state index < -0.39 is 44.7 Å². The topological polar surface area (TPSA) is 141 Å². The highest BCUT2D eigenvalue weighted by atomic mass is 35.5. The van der Waals surface area contributed by atoms with Gasteiger partial charge in [-0.15, -0.1) is 0 Å². The highest BCUT2D eigenvalue weighted by molar-refractivity contribution is 7.90. The maximum atomic E-state index is 15.2. The number of hydrogen-bond donors (Lipinski definition) is 1. The maximum absolute atomic E-state index is 15.2. The fourth-order valence-electron chi connectivity index (χ4n) is 7.06. The van der Waals surface area contributed by atoms with Crippen LogP contribution >= 0.6 is 23.2 Å². The Morgan fingerprint density at radius 2 is 1.91 bits per heavy atom. The molecule has 2 bridgehead atoms. The van der Waals surface area contributed by atoms with Gasteiger partial charge in [-0.3, -0.25) is 9.59 Å². The summed E-state index contributed by atoms with van der Waals surface area (Å²) in [5, 5.41) is 4.26. The van der Waals surface area contributed by atoms with E-state index in [1.165, 1.54) is 18.2 Å². The predicted molar refractivity (Wildman–Crippen MR) is 166 cm³/mol. The smallest absolute Gasteiger partial charge is 0.286 e. The van der Waals surface area contributed by atoms with Gasteiger partial charge in [-0.25, -0.2) is 22.5 Å². The molecular formula is C31H31Cl2FN4O7S. The number of nitrogens with one attached hydrogen (secondary N) is 1. The Bertz CT molecular complexity index is 1800. The normalized spacial score (nSPS) is 25.9. The Morgan fingerprint density at radius 1 is 1.15 bits per heavy atom. The predicted octanol–water partition coefficient (Wildman–Crippen LogP) is 5.40. The van der Waals surface area contributed by atoms with Crippen molar-refractivity contribution in [1.82, 2.24) is 14.9 Å². The molecule has 1 aliphatic heterocycles. The maximum Gasteiger partial charge on any atom is 0.286 e. The Hall–Kier alpha value is -3.10. The van der Waals surface area contributed by atoms with Crippen LogP contribution in [0.5, 0.6) is 0 Å². The molecule has 2 aromatic heterocycles. The molecule has 3 saturated carbocycles. The van der Waals surface area contributed by atoms with Crippen LogP contribution in [0.3, 0.4) is 0 Å². The molecule has 0 unspecified atom stereocenters. The van der Waals surface area contributed by atoms with E-state index in [0.717, 1.165) is 30.2 Å². The van der Waals surface area contributed by atoms with Crippen molar-refractivity contribution in [3.05, 3.63) is 63.3 Å². The average molecular weight is 694 g/mol. The first-order valence-electron chi connectivity index (χ1n) is 15.2. The van der Waals surface area contributed by atoms with Crippen LogP contribution in [0.15, 0.2) is 35.0 Å². The first-order chi connectivity index (χ1) is 22.1. The van der Waals surface area contributed by atoms with Gasteiger partial charge in [0, 0.05) is 36.3 Å². The van der Waals surface area contributed by atoms with E-state index in [9.17, 15) is 18.0 Å². The second kappa shape index (κ2) is 12.2. The van der Waals surface area contributed by atoms with Gasteiger partial charge in [0.2, 0.25) is 15.9 Å². The molecule has 7 rings (SSSR count). The Morgan fingerprint density at radius 3 is 2.59 bits per heavy atom. The minimum Gasteiger partial charge on any atom is -0.380 e. The van der Waals surface area contributed by atoms with Crippen molar-refractivity contribution in [2.75, 3.05) is 12.0 Å². The van der Waals surface area contributed by atoms with E-state index in [0.29, 0.717) is 53.4 Å². The summed E-state index contributed by atoms with van der Waals surface area (Å²) in [6, 6.07) is 5.98. The number of aromatic nitrogens is 2. The summed E-state index contributed by atoms with van der Waals surface area (Å²) in [7, 11) is -2.70. The average Bonchev–Trinajstić information content (AvgIpc) is 3.33. The molecular weight excluding hydrogens is 662 g/mol. The molecule has 46 heavy (non-hydrogen) atoms. The summed E-state index contributed by atoms with van der Waals surface area (Å²) in [5.74, 6) is -1.92. The molecule has 1 N–H and O–H groups in total. The summed E-state index contributed by atoms with van der Waals surface area (Å²) in [6.45, 7) is 0.155. The first kappa shape index (κ1) is 31.5. The number of amides is 2. The van der Waals surface area contributed by atoms with Crippen molar-refractivity contribution < 1.29 is 36.4 Å². The number of methoxy groups -OCH3 is 1. The van der Waals surface area contributed by atoms with Gasteiger partial charge in [-0.05, 0) is 57.1 Å². The molecule has 4 fully saturated rings. The number of hydrogen-bond acceptors (Lipinski definition) is 9. The number of fused-ring (bicyclic) bond motifs is 2. The molecule has 5 atom stereocenters. The summed E-state index contributed by atoms with van der Waals surface area (Å²) < 4.78 is 60.0. The van der Waals surface area contributed by atoms with Crippen LogP contribution < -0.4 is 9.62 Å². The minimum absolute atomic E-state index is 0.155. The third-order valence-corrected chi connectivity index (χ3v) is 11.9. The van der Waals surface area contributed by atoms with E-state index in [4.69, 9.17) is 37.2 Å². The third-order valence-electron chi connectivity index (χ3n) is 9.46. The SMILES string of the molecule is CO[C@@H]1CCC[C@H]1S(=O)(=O)NC(=O)c1ncc(N2C(=O)[C@@H]3C[C@H]2C[C@H]3OCc2c(-c3c(Cl)cccc3Cl)noc2C2CC2)cc1F. The van der Waals surface area contributed by atoms with Gasteiger partial charge in [-0.1, -0.05) is 34.4 Å². The van der Waals surface area contributed by atoms with Gasteiger partial charge in [0.15, 0.2) is 11.5 Å². The number of carbonyl (C=O) groups excluding carboxylic acids is 2. The number of pyridine rings is 1. The van der Waals surface area contributed by atoms with E-state index in [2.05, 4.69) is 10.1 Å². The molecule has 0 spiro atoms. The van der Waals surface area contributed by atoms with Crippen LogP contribution in [0, 0.1) is 11.7 Å². The number of anilines is 1. The number of piperidine rings is 1. The van der Waals surface area contributed by atoms with Crippen molar-refractivity contribution in [2.24, 2.45) is 5.92 Å². The summed E-state index contributed by atoms with van der Waals surface area (Å²) in [6.07, 6.45) is 4.78. The highest BCUT2D eigenvalue weighted by Gasteiger charge is 2.52. The Kier molecular flexibility index (Phi) is 8.33. The quantitative estimate of drug-likeness (QED) is 0.296. The van der Waals surface area contributed by atoms with E-state index in [1.807, 2.05) is 4.72 Å². The lowest BCUT2D eigenvalue weighted by Gasteiger charge is -2.31. The number of halogens is 3. The van der Waals surface area contributed by atoms with Crippen LogP contribution in [0.25, 0.3) is 11.3 Å². The first-order valence-corrected chi connectivity index (χ1v) is 17.5.